The summed E-state index contributed by atoms with van der Waals surface area (Å²) in [6.45, 7) is 2.53. The highest BCUT2D eigenvalue weighted by Gasteiger charge is 2.29. The van der Waals surface area contributed by atoms with Crippen LogP contribution in [-0.2, 0) is 55.8 Å². The molecule has 0 aliphatic carbocycles. The number of esters is 3. The number of phosphoric ester groups is 2. The van der Waals surface area contributed by atoms with Crippen molar-refractivity contribution in [1.82, 2.24) is 0 Å². The fourth-order valence-electron chi connectivity index (χ4n) is 10.4. The molecule has 0 heterocycles. The van der Waals surface area contributed by atoms with Crippen molar-refractivity contribution in [3.8, 4) is 0 Å². The third kappa shape index (κ3) is 73.5. The molecule has 0 aliphatic rings. The average molecular weight is 1410 g/mol. The van der Waals surface area contributed by atoms with Crippen LogP contribution >= 0.6 is 15.6 Å². The highest BCUT2D eigenvalue weighted by atomic mass is 31.2. The van der Waals surface area contributed by atoms with Crippen molar-refractivity contribution in [2.45, 2.75) is 347 Å². The van der Waals surface area contributed by atoms with Gasteiger partial charge in [0.25, 0.3) is 0 Å². The fraction of sp³-hybridized carbons (Fsp3) is 0.759. The molecule has 0 saturated heterocycles. The number of phosphoric acid groups is 2. The predicted octanol–water partition coefficient (Wildman–Crippen LogP) is 22.2. The third-order valence-corrected chi connectivity index (χ3v) is 18.2. The molecule has 5 atom stereocenters. The quantitative estimate of drug-likeness (QED) is 0.0146. The topological polar surface area (TPSA) is 231 Å². The van der Waals surface area contributed by atoms with Crippen LogP contribution in [-0.4, -0.2) is 95.9 Å². The van der Waals surface area contributed by atoms with Gasteiger partial charge in [0.1, 0.15) is 25.4 Å². The van der Waals surface area contributed by atoms with Crippen molar-refractivity contribution in [2.75, 3.05) is 39.6 Å². The molecule has 0 saturated carbocycles. The van der Waals surface area contributed by atoms with Crippen molar-refractivity contribution < 1.29 is 75.8 Å². The number of rotatable bonds is 73. The molecule has 0 spiro atoms. The molecule has 97 heavy (non-hydrogen) atoms. The molecule has 0 fully saturated rings. The van der Waals surface area contributed by atoms with Crippen molar-refractivity contribution in [1.29, 1.82) is 0 Å². The minimum atomic E-state index is -4.93. The molecule has 18 heteroatoms. The van der Waals surface area contributed by atoms with E-state index in [0.717, 1.165) is 141 Å². The summed E-state index contributed by atoms with van der Waals surface area (Å²) in [5.74, 6) is -1.59. The van der Waals surface area contributed by atoms with Gasteiger partial charge in [0, 0.05) is 19.3 Å². The summed E-state index contributed by atoms with van der Waals surface area (Å²) in [7, 11) is -9.78. The first-order valence-electron chi connectivity index (χ1n) is 38.5. The zero-order valence-electron chi connectivity index (χ0n) is 61.2. The van der Waals surface area contributed by atoms with Crippen LogP contribution in [0.4, 0.5) is 0 Å². The average Bonchev–Trinajstić information content (AvgIpc) is 1.86. The van der Waals surface area contributed by atoms with Gasteiger partial charge in [-0.15, -0.1) is 0 Å². The Hall–Kier alpha value is -3.53. The summed E-state index contributed by atoms with van der Waals surface area (Å²) in [6, 6.07) is 0. The molecule has 0 amide bonds. The summed E-state index contributed by atoms with van der Waals surface area (Å²) >= 11 is 0. The van der Waals surface area contributed by atoms with Crippen molar-refractivity contribution in [3.05, 3.63) is 97.2 Å². The third-order valence-electron chi connectivity index (χ3n) is 16.3. The molecule has 0 aromatic heterocycles. The Morgan fingerprint density at radius 2 is 0.546 bits per heavy atom. The number of allylic oxidation sites excluding steroid dienone is 16. The molecule has 0 bridgehead atoms. The van der Waals surface area contributed by atoms with Gasteiger partial charge in [-0.2, -0.15) is 0 Å². The molecule has 16 nitrogen and oxygen atoms in total. The lowest BCUT2D eigenvalue weighted by molar-refractivity contribution is -0.161. The molecule has 0 radical (unpaired) electrons. The van der Waals surface area contributed by atoms with E-state index in [1.807, 2.05) is 0 Å². The molecular formula is C79H140O16P2. The molecule has 0 aliphatic heterocycles. The van der Waals surface area contributed by atoms with Gasteiger partial charge >= 0.3 is 33.6 Å². The van der Waals surface area contributed by atoms with E-state index in [9.17, 15) is 43.5 Å². The second kappa shape index (κ2) is 72.3. The van der Waals surface area contributed by atoms with Crippen LogP contribution in [0.3, 0.4) is 0 Å². The number of aliphatic hydroxyl groups excluding tert-OH is 2. The highest BCUT2D eigenvalue weighted by Crippen LogP contribution is 2.45. The fourth-order valence-corrected chi connectivity index (χ4v) is 12.0. The number of carbonyl (C=O) groups is 3. The highest BCUT2D eigenvalue weighted by molar-refractivity contribution is 7.47. The number of aliphatic hydroxyl groups is 2. The molecule has 0 rings (SSSR count). The Morgan fingerprint density at radius 3 is 0.897 bits per heavy atom. The smallest absolute Gasteiger partial charge is 0.463 e. The van der Waals surface area contributed by atoms with E-state index in [1.54, 1.807) is 0 Å². The van der Waals surface area contributed by atoms with Crippen LogP contribution in [0.15, 0.2) is 97.2 Å². The summed E-state index contributed by atoms with van der Waals surface area (Å²) in [6.07, 6.45) is 81.8. The van der Waals surface area contributed by atoms with Gasteiger partial charge in [0.2, 0.25) is 0 Å². The lowest BCUT2D eigenvalue weighted by Gasteiger charge is -2.21. The van der Waals surface area contributed by atoms with E-state index in [0.29, 0.717) is 19.3 Å². The first-order valence-corrected chi connectivity index (χ1v) is 41.5. The number of hydrogen-bond donors (Lipinski definition) is 4. The van der Waals surface area contributed by atoms with E-state index in [4.69, 9.17) is 32.3 Å². The molecule has 0 aromatic rings. The van der Waals surface area contributed by atoms with Crippen LogP contribution in [0.2, 0.25) is 0 Å². The van der Waals surface area contributed by atoms with Crippen molar-refractivity contribution >= 4 is 33.6 Å². The van der Waals surface area contributed by atoms with Crippen LogP contribution in [0, 0.1) is 0 Å². The molecule has 5 unspecified atom stereocenters. The minimum absolute atomic E-state index is 0.0929. The lowest BCUT2D eigenvalue weighted by atomic mass is 10.0. The van der Waals surface area contributed by atoms with Gasteiger partial charge in [0.05, 0.1) is 26.4 Å². The van der Waals surface area contributed by atoms with E-state index in [1.165, 1.54) is 128 Å². The number of hydrogen-bond acceptors (Lipinski definition) is 14. The zero-order valence-corrected chi connectivity index (χ0v) is 63.0. The maximum atomic E-state index is 12.9. The molecule has 0 aromatic carbocycles. The standard InChI is InChI=1S/C79H140O16P2/c1-4-7-10-13-16-19-22-25-27-29-30-31-32-33-34-35-36-37-38-39-40-41-42-44-46-48-50-53-56-59-62-65-77(82)89-68-74(80)69-91-96(85,86)92-70-75(81)71-93-97(87,88)94-73-76(95-79(84)67-64-61-58-55-52-47-24-21-18-15-12-9-6-3)72-90-78(83)66-63-60-57-54-51-49-45-43-28-26-23-20-17-14-11-8-5-2/h8,11,16-17,19-21,24-28,30-31,33-34,74-76,80-81H,4-7,9-10,12-15,18,22-23,29,32,35-73H2,1-3H3,(H,85,86)(H,87,88)/b11-8-,19-16-,20-17-,24-21-,27-25-,28-26-,31-30-,34-33-. The summed E-state index contributed by atoms with van der Waals surface area (Å²) < 4.78 is 61.0. The molecular weight excluding hydrogens is 1270 g/mol. The normalized spacial score (nSPS) is 14.6. The largest absolute Gasteiger partial charge is 0.472 e. The SMILES string of the molecule is CC/C=C\C/C=C\C/C=C\CCCCCCCCCC(=O)OCC(COP(=O)(O)OCC(O)COP(=O)(O)OCC(O)COC(=O)CCCCCCCCCCCCCCCCC/C=C\C/C=C\C/C=C\C/C=C\CCCCC)OC(=O)CCCCCCC/C=C\CCCCCC. The first-order chi connectivity index (χ1) is 47.2. The summed E-state index contributed by atoms with van der Waals surface area (Å²) in [5, 5.41) is 20.6. The van der Waals surface area contributed by atoms with E-state index in [-0.39, 0.29) is 19.3 Å². The van der Waals surface area contributed by atoms with Gasteiger partial charge in [0.15, 0.2) is 6.10 Å². The van der Waals surface area contributed by atoms with Crippen LogP contribution < -0.4 is 0 Å². The van der Waals surface area contributed by atoms with E-state index < -0.39 is 91.5 Å². The van der Waals surface area contributed by atoms with Crippen molar-refractivity contribution in [3.63, 3.8) is 0 Å². The van der Waals surface area contributed by atoms with Gasteiger partial charge < -0.3 is 34.2 Å². The van der Waals surface area contributed by atoms with Crippen LogP contribution in [0.25, 0.3) is 0 Å². The Balaban J connectivity index is 4.41. The summed E-state index contributed by atoms with van der Waals surface area (Å²) in [5.41, 5.74) is 0. The maximum Gasteiger partial charge on any atom is 0.472 e. The van der Waals surface area contributed by atoms with Gasteiger partial charge in [-0.3, -0.25) is 32.5 Å². The first kappa shape index (κ1) is 93.5. The van der Waals surface area contributed by atoms with Gasteiger partial charge in [-0.1, -0.05) is 285 Å². The number of ether oxygens (including phenoxy) is 3. The van der Waals surface area contributed by atoms with Crippen LogP contribution in [0.1, 0.15) is 329 Å². The summed E-state index contributed by atoms with van der Waals surface area (Å²) in [4.78, 5) is 58.5. The Kier molecular flexibility index (Phi) is 69.6. The van der Waals surface area contributed by atoms with Crippen molar-refractivity contribution in [2.24, 2.45) is 0 Å². The Bertz CT molecular complexity index is 2150. The van der Waals surface area contributed by atoms with Crippen LogP contribution in [0.5, 0.6) is 0 Å². The lowest BCUT2D eigenvalue weighted by Crippen LogP contribution is -2.30. The molecule has 4 N–H and O–H groups in total. The molecule has 562 valence electrons. The minimum Gasteiger partial charge on any atom is -0.463 e. The Morgan fingerprint density at radius 1 is 0.299 bits per heavy atom. The van der Waals surface area contributed by atoms with E-state index in [2.05, 4.69) is 118 Å². The predicted molar refractivity (Wildman–Crippen MR) is 399 cm³/mol. The number of carbonyl (C=O) groups excluding carboxylic acids is 3. The number of unbranched alkanes of at least 4 members (excludes halogenated alkanes) is 34. The monoisotopic (exact) mass is 1410 g/mol. The Labute approximate surface area is 590 Å². The van der Waals surface area contributed by atoms with E-state index >= 15 is 0 Å². The second-order valence-electron chi connectivity index (χ2n) is 25.8. The maximum absolute atomic E-state index is 12.9. The van der Waals surface area contributed by atoms with Gasteiger partial charge in [-0.05, 0) is 122 Å². The zero-order chi connectivity index (χ0) is 70.9. The second-order valence-corrected chi connectivity index (χ2v) is 28.7. The van der Waals surface area contributed by atoms with Gasteiger partial charge in [-0.25, -0.2) is 9.13 Å².